The van der Waals surface area contributed by atoms with Gasteiger partial charge in [0.05, 0.1) is 0 Å². The molecule has 0 amide bonds. The van der Waals surface area contributed by atoms with Crippen molar-refractivity contribution in [2.75, 3.05) is 0 Å². The monoisotopic (exact) mass is 243 g/mol. The Hall–Kier alpha value is -1.49. The van der Waals surface area contributed by atoms with Gasteiger partial charge in [0.2, 0.25) is 0 Å². The molecule has 0 aliphatic carbocycles. The second-order valence-electron chi connectivity index (χ2n) is 3.80. The normalized spacial score (nSPS) is 12.4. The van der Waals surface area contributed by atoms with E-state index >= 15 is 0 Å². The van der Waals surface area contributed by atoms with Crippen molar-refractivity contribution in [3.05, 3.63) is 35.4 Å². The average Bonchev–Trinajstić information content (AvgIpc) is 2.28. The summed E-state index contributed by atoms with van der Waals surface area (Å²) in [5, 5.41) is 11.6. The van der Waals surface area contributed by atoms with Gasteiger partial charge in [-0.2, -0.15) is 0 Å². The predicted octanol–water partition coefficient (Wildman–Crippen LogP) is 2.31. The van der Waals surface area contributed by atoms with Gasteiger partial charge in [-0.15, -0.1) is 0 Å². The van der Waals surface area contributed by atoms with Gasteiger partial charge in [0.15, 0.2) is 0 Å². The van der Waals surface area contributed by atoms with Gasteiger partial charge in [-0.3, -0.25) is 4.79 Å². The summed E-state index contributed by atoms with van der Waals surface area (Å²) in [5.74, 6) is -2.06. The SMILES string of the molecule is CCCC(NCc1cc(F)ccc1F)C(=O)O. The summed E-state index contributed by atoms with van der Waals surface area (Å²) in [7, 11) is 0. The molecule has 1 aromatic carbocycles. The number of carboxylic acid groups (broad SMARTS) is 1. The van der Waals surface area contributed by atoms with Crippen molar-refractivity contribution in [3.63, 3.8) is 0 Å². The number of aliphatic carboxylic acids is 1. The van der Waals surface area contributed by atoms with Crippen LogP contribution in [0.4, 0.5) is 8.78 Å². The van der Waals surface area contributed by atoms with E-state index in [1.165, 1.54) is 0 Å². The summed E-state index contributed by atoms with van der Waals surface area (Å²) >= 11 is 0. The van der Waals surface area contributed by atoms with Crippen LogP contribution in [0.2, 0.25) is 0 Å². The molecule has 0 bridgehead atoms. The number of carboxylic acids is 1. The molecule has 0 fully saturated rings. The van der Waals surface area contributed by atoms with E-state index in [1.54, 1.807) is 0 Å². The first-order valence-corrected chi connectivity index (χ1v) is 5.44. The Balaban J connectivity index is 2.64. The summed E-state index contributed by atoms with van der Waals surface area (Å²) < 4.78 is 26.1. The number of benzene rings is 1. The first-order valence-electron chi connectivity index (χ1n) is 5.44. The predicted molar refractivity (Wildman–Crippen MR) is 59.5 cm³/mol. The molecule has 0 aliphatic rings. The van der Waals surface area contributed by atoms with Gasteiger partial charge < -0.3 is 10.4 Å². The molecule has 1 rings (SSSR count). The second kappa shape index (κ2) is 6.30. The van der Waals surface area contributed by atoms with Gasteiger partial charge >= 0.3 is 5.97 Å². The van der Waals surface area contributed by atoms with Crippen LogP contribution in [-0.4, -0.2) is 17.1 Å². The fraction of sp³-hybridized carbons (Fsp3) is 0.417. The van der Waals surface area contributed by atoms with Gasteiger partial charge in [-0.05, 0) is 24.6 Å². The third-order valence-electron chi connectivity index (χ3n) is 2.42. The Morgan fingerprint density at radius 1 is 1.47 bits per heavy atom. The Morgan fingerprint density at radius 2 is 2.18 bits per heavy atom. The number of hydrogen-bond donors (Lipinski definition) is 2. The maximum Gasteiger partial charge on any atom is 0.320 e. The van der Waals surface area contributed by atoms with Gasteiger partial charge in [-0.1, -0.05) is 13.3 Å². The van der Waals surface area contributed by atoms with E-state index in [4.69, 9.17) is 5.11 Å². The second-order valence-corrected chi connectivity index (χ2v) is 3.80. The molecule has 94 valence electrons. The van der Waals surface area contributed by atoms with Crippen molar-refractivity contribution in [1.82, 2.24) is 5.32 Å². The first kappa shape index (κ1) is 13.6. The summed E-state index contributed by atoms with van der Waals surface area (Å²) in [6.07, 6.45) is 1.15. The molecule has 0 aliphatic heterocycles. The molecule has 1 atom stereocenters. The Morgan fingerprint density at radius 3 is 2.76 bits per heavy atom. The zero-order valence-corrected chi connectivity index (χ0v) is 9.54. The van der Waals surface area contributed by atoms with Crippen LogP contribution in [0, 0.1) is 11.6 Å². The Labute approximate surface area is 98.5 Å². The minimum Gasteiger partial charge on any atom is -0.480 e. The molecule has 0 saturated heterocycles. The lowest BCUT2D eigenvalue weighted by Crippen LogP contribution is -2.36. The van der Waals surface area contributed by atoms with Crippen molar-refractivity contribution >= 4 is 5.97 Å². The Kier molecular flexibility index (Phi) is 5.03. The fourth-order valence-electron chi connectivity index (χ4n) is 1.51. The highest BCUT2D eigenvalue weighted by molar-refractivity contribution is 5.73. The highest BCUT2D eigenvalue weighted by Gasteiger charge is 2.16. The van der Waals surface area contributed by atoms with Gasteiger partial charge in [0.25, 0.3) is 0 Å². The molecule has 5 heteroatoms. The minimum absolute atomic E-state index is 0.000556. The lowest BCUT2D eigenvalue weighted by Gasteiger charge is -2.13. The molecule has 1 aromatic rings. The Bertz CT molecular complexity index is 396. The third kappa shape index (κ3) is 4.11. The van der Waals surface area contributed by atoms with Crippen molar-refractivity contribution in [2.45, 2.75) is 32.4 Å². The molecule has 3 nitrogen and oxygen atoms in total. The summed E-state index contributed by atoms with van der Waals surface area (Å²) in [6.45, 7) is 1.86. The van der Waals surface area contributed by atoms with Crippen molar-refractivity contribution < 1.29 is 18.7 Å². The molecule has 0 heterocycles. The van der Waals surface area contributed by atoms with Crippen molar-refractivity contribution in [3.8, 4) is 0 Å². The number of hydrogen-bond acceptors (Lipinski definition) is 2. The highest BCUT2D eigenvalue weighted by Crippen LogP contribution is 2.10. The average molecular weight is 243 g/mol. The van der Waals surface area contributed by atoms with Crippen LogP contribution >= 0.6 is 0 Å². The van der Waals surface area contributed by atoms with Crippen LogP contribution in [0.3, 0.4) is 0 Å². The van der Waals surface area contributed by atoms with Crippen LogP contribution in [-0.2, 0) is 11.3 Å². The third-order valence-corrected chi connectivity index (χ3v) is 2.42. The summed E-state index contributed by atoms with van der Waals surface area (Å²) in [5.41, 5.74) is 0.132. The van der Waals surface area contributed by atoms with E-state index in [0.717, 1.165) is 18.2 Å². The molecular weight excluding hydrogens is 228 g/mol. The van der Waals surface area contributed by atoms with Crippen molar-refractivity contribution in [2.24, 2.45) is 0 Å². The smallest absolute Gasteiger partial charge is 0.320 e. The summed E-state index contributed by atoms with van der Waals surface area (Å²) in [6, 6.07) is 2.39. The number of halogens is 2. The van der Waals surface area contributed by atoms with Crippen LogP contribution in [0.15, 0.2) is 18.2 Å². The van der Waals surface area contributed by atoms with Crippen molar-refractivity contribution in [1.29, 1.82) is 0 Å². The molecule has 0 radical (unpaired) electrons. The van der Waals surface area contributed by atoms with E-state index in [2.05, 4.69) is 5.32 Å². The van der Waals surface area contributed by atoms with Gasteiger partial charge in [0.1, 0.15) is 17.7 Å². The van der Waals surface area contributed by atoms with E-state index in [-0.39, 0.29) is 12.1 Å². The number of carbonyl (C=O) groups is 1. The van der Waals surface area contributed by atoms with Crippen LogP contribution in [0.5, 0.6) is 0 Å². The standard InChI is InChI=1S/C12H15F2NO2/c1-2-3-11(12(16)17)15-7-8-6-9(13)4-5-10(8)14/h4-6,11,15H,2-3,7H2,1H3,(H,16,17). The number of rotatable bonds is 6. The van der Waals surface area contributed by atoms with E-state index in [9.17, 15) is 13.6 Å². The maximum atomic E-state index is 13.3. The van der Waals surface area contributed by atoms with Crippen LogP contribution < -0.4 is 5.32 Å². The van der Waals surface area contributed by atoms with E-state index in [1.807, 2.05) is 6.92 Å². The number of nitrogens with one attached hydrogen (secondary N) is 1. The molecule has 0 aromatic heterocycles. The van der Waals surface area contributed by atoms with Crippen LogP contribution in [0.1, 0.15) is 25.3 Å². The molecule has 0 spiro atoms. The zero-order valence-electron chi connectivity index (χ0n) is 9.54. The van der Waals surface area contributed by atoms with E-state index < -0.39 is 23.6 Å². The fourth-order valence-corrected chi connectivity index (χ4v) is 1.51. The lowest BCUT2D eigenvalue weighted by atomic mass is 10.1. The zero-order chi connectivity index (χ0) is 12.8. The largest absolute Gasteiger partial charge is 0.480 e. The molecule has 2 N–H and O–H groups in total. The lowest BCUT2D eigenvalue weighted by molar-refractivity contribution is -0.139. The topological polar surface area (TPSA) is 49.3 Å². The quantitative estimate of drug-likeness (QED) is 0.806. The summed E-state index contributed by atoms with van der Waals surface area (Å²) in [4.78, 5) is 10.8. The minimum atomic E-state index is -0.983. The first-order chi connectivity index (χ1) is 8.04. The van der Waals surface area contributed by atoms with E-state index in [0.29, 0.717) is 12.8 Å². The van der Waals surface area contributed by atoms with Gasteiger partial charge in [0, 0.05) is 12.1 Å². The molecule has 17 heavy (non-hydrogen) atoms. The van der Waals surface area contributed by atoms with Gasteiger partial charge in [-0.25, -0.2) is 8.78 Å². The molecule has 1 unspecified atom stereocenters. The maximum absolute atomic E-state index is 13.3. The highest BCUT2D eigenvalue weighted by atomic mass is 19.1. The molecular formula is C12H15F2NO2. The molecule has 0 saturated carbocycles. The van der Waals surface area contributed by atoms with Crippen LogP contribution in [0.25, 0.3) is 0 Å².